The number of hydrogen-bond acceptors (Lipinski definition) is 4. The van der Waals surface area contributed by atoms with Crippen LogP contribution in [-0.4, -0.2) is 51.9 Å². The molecule has 0 spiro atoms. The van der Waals surface area contributed by atoms with Crippen LogP contribution < -0.4 is 5.32 Å². The molecule has 1 aromatic carbocycles. The number of carbonyl (C=O) groups is 3. The van der Waals surface area contributed by atoms with Crippen LogP contribution in [0.1, 0.15) is 44.0 Å². The van der Waals surface area contributed by atoms with Gasteiger partial charge < -0.3 is 15.3 Å². The third-order valence-electron chi connectivity index (χ3n) is 4.45. The molecule has 1 aliphatic heterocycles. The van der Waals surface area contributed by atoms with Gasteiger partial charge >= 0.3 is 5.97 Å². The van der Waals surface area contributed by atoms with E-state index in [4.69, 9.17) is 5.11 Å². The first kappa shape index (κ1) is 18.5. The monoisotopic (exact) mass is 371 g/mol. The lowest BCUT2D eigenvalue weighted by atomic mass is 10.0. The summed E-state index contributed by atoms with van der Waals surface area (Å²) in [5.74, 6) is -2.13. The second kappa shape index (κ2) is 7.94. The van der Waals surface area contributed by atoms with Crippen LogP contribution in [0.5, 0.6) is 0 Å². The molecule has 1 saturated heterocycles. The van der Waals surface area contributed by atoms with Crippen LogP contribution in [0.25, 0.3) is 0 Å². The molecular weight excluding hydrogens is 353 g/mol. The number of rotatable bonds is 4. The molecule has 8 heteroatoms. The van der Waals surface area contributed by atoms with Gasteiger partial charge in [-0.1, -0.05) is 0 Å². The quantitative estimate of drug-likeness (QED) is 0.856. The first-order valence-corrected chi connectivity index (χ1v) is 8.49. The smallest absolute Gasteiger partial charge is 0.354 e. The number of piperidine rings is 1. The normalized spacial score (nSPS) is 14.6. The zero-order chi connectivity index (χ0) is 19.4. The molecule has 2 amide bonds. The highest BCUT2D eigenvalue weighted by Crippen LogP contribution is 2.15. The van der Waals surface area contributed by atoms with Crippen LogP contribution in [0.2, 0.25) is 0 Å². The molecule has 7 nitrogen and oxygen atoms in total. The molecule has 27 heavy (non-hydrogen) atoms. The summed E-state index contributed by atoms with van der Waals surface area (Å²) in [4.78, 5) is 41.0. The van der Waals surface area contributed by atoms with Crippen molar-refractivity contribution in [3.8, 4) is 0 Å². The number of likely N-dealkylation sites (tertiary alicyclic amines) is 1. The second-order valence-electron chi connectivity index (χ2n) is 6.28. The van der Waals surface area contributed by atoms with Gasteiger partial charge in [0.2, 0.25) is 0 Å². The van der Waals surface area contributed by atoms with Crippen LogP contribution in [-0.2, 0) is 0 Å². The molecule has 0 atom stereocenters. The van der Waals surface area contributed by atoms with Gasteiger partial charge in [-0.05, 0) is 49.2 Å². The van der Waals surface area contributed by atoms with E-state index in [1.807, 2.05) is 0 Å². The number of aromatic nitrogens is 1. The van der Waals surface area contributed by atoms with Gasteiger partial charge in [0.15, 0.2) is 0 Å². The predicted molar refractivity (Wildman–Crippen MR) is 94.0 cm³/mol. The van der Waals surface area contributed by atoms with Crippen molar-refractivity contribution in [2.24, 2.45) is 0 Å². The summed E-state index contributed by atoms with van der Waals surface area (Å²) in [5.41, 5.74) is 0.478. The Bertz CT molecular complexity index is 862. The van der Waals surface area contributed by atoms with Crippen molar-refractivity contribution in [1.82, 2.24) is 15.2 Å². The highest BCUT2D eigenvalue weighted by molar-refractivity contribution is 5.97. The van der Waals surface area contributed by atoms with Crippen LogP contribution in [0.15, 0.2) is 42.6 Å². The zero-order valence-electron chi connectivity index (χ0n) is 14.4. The van der Waals surface area contributed by atoms with Crippen LogP contribution in [0.3, 0.4) is 0 Å². The Kier molecular flexibility index (Phi) is 5.44. The Labute approximate surface area is 154 Å². The van der Waals surface area contributed by atoms with Gasteiger partial charge in [0.25, 0.3) is 11.8 Å². The fourth-order valence-corrected chi connectivity index (χ4v) is 2.96. The molecule has 0 bridgehead atoms. The summed E-state index contributed by atoms with van der Waals surface area (Å²) in [6, 6.07) is 7.97. The molecule has 1 aromatic heterocycles. The number of nitrogens with one attached hydrogen (secondary N) is 1. The summed E-state index contributed by atoms with van der Waals surface area (Å²) in [7, 11) is 0. The number of hydrogen-bond donors (Lipinski definition) is 2. The number of aromatic carboxylic acids is 1. The van der Waals surface area contributed by atoms with Crippen molar-refractivity contribution >= 4 is 17.8 Å². The maximum absolute atomic E-state index is 12.9. The number of benzene rings is 1. The SMILES string of the molecule is O=C(NC1CCN(C(=O)c2ccnc(C(=O)O)c2)CC1)c1ccc(F)cc1. The van der Waals surface area contributed by atoms with E-state index in [1.165, 1.54) is 42.6 Å². The van der Waals surface area contributed by atoms with Gasteiger partial charge in [0.05, 0.1) is 0 Å². The number of amides is 2. The van der Waals surface area contributed by atoms with E-state index < -0.39 is 11.8 Å². The highest BCUT2D eigenvalue weighted by Gasteiger charge is 2.25. The largest absolute Gasteiger partial charge is 0.477 e. The number of carboxylic acid groups (broad SMARTS) is 1. The molecule has 0 radical (unpaired) electrons. The third-order valence-corrected chi connectivity index (χ3v) is 4.45. The van der Waals surface area contributed by atoms with Crippen molar-refractivity contribution in [3.63, 3.8) is 0 Å². The van der Waals surface area contributed by atoms with E-state index in [-0.39, 0.29) is 29.1 Å². The fourth-order valence-electron chi connectivity index (χ4n) is 2.96. The Hall–Kier alpha value is -3.29. The zero-order valence-corrected chi connectivity index (χ0v) is 14.4. The van der Waals surface area contributed by atoms with E-state index >= 15 is 0 Å². The van der Waals surface area contributed by atoms with Gasteiger partial charge in [-0.25, -0.2) is 14.2 Å². The standard InChI is InChI=1S/C19H18FN3O4/c20-14-3-1-12(2-4-14)17(24)22-15-6-9-23(10-7-15)18(25)13-5-8-21-16(11-13)19(26)27/h1-5,8,11,15H,6-7,9-10H2,(H,22,24)(H,26,27). The number of carbonyl (C=O) groups excluding carboxylic acids is 2. The molecular formula is C19H18FN3O4. The topological polar surface area (TPSA) is 99.6 Å². The summed E-state index contributed by atoms with van der Waals surface area (Å²) in [6.07, 6.45) is 2.46. The van der Waals surface area contributed by atoms with Gasteiger partial charge in [-0.3, -0.25) is 9.59 Å². The summed E-state index contributed by atoms with van der Waals surface area (Å²) in [5, 5.41) is 11.9. The molecule has 2 N–H and O–H groups in total. The van der Waals surface area contributed by atoms with Crippen molar-refractivity contribution in [3.05, 3.63) is 65.2 Å². The molecule has 140 valence electrons. The second-order valence-corrected chi connectivity index (χ2v) is 6.28. The first-order valence-electron chi connectivity index (χ1n) is 8.49. The van der Waals surface area contributed by atoms with Crippen LogP contribution in [0, 0.1) is 5.82 Å². The van der Waals surface area contributed by atoms with Crippen molar-refractivity contribution in [2.75, 3.05) is 13.1 Å². The number of carboxylic acids is 1. The van der Waals surface area contributed by atoms with Gasteiger partial charge in [-0.15, -0.1) is 0 Å². The lowest BCUT2D eigenvalue weighted by Gasteiger charge is -2.32. The van der Waals surface area contributed by atoms with E-state index in [1.54, 1.807) is 4.90 Å². The van der Waals surface area contributed by atoms with Crippen LogP contribution in [0.4, 0.5) is 4.39 Å². The summed E-state index contributed by atoms with van der Waals surface area (Å²) < 4.78 is 12.9. The lowest BCUT2D eigenvalue weighted by Crippen LogP contribution is -2.46. The predicted octanol–water partition coefficient (Wildman–Crippen LogP) is 1.95. The van der Waals surface area contributed by atoms with Crippen molar-refractivity contribution in [2.45, 2.75) is 18.9 Å². The molecule has 2 heterocycles. The summed E-state index contributed by atoms with van der Waals surface area (Å²) in [6.45, 7) is 0.885. The number of nitrogens with zero attached hydrogens (tertiary/aromatic N) is 2. The van der Waals surface area contributed by atoms with E-state index in [2.05, 4.69) is 10.3 Å². The molecule has 2 aromatic rings. The van der Waals surface area contributed by atoms with E-state index in [9.17, 15) is 18.8 Å². The molecule has 3 rings (SSSR count). The minimum atomic E-state index is -1.19. The first-order chi connectivity index (χ1) is 12.9. The molecule has 0 saturated carbocycles. The van der Waals surface area contributed by atoms with E-state index in [0.29, 0.717) is 31.5 Å². The third kappa shape index (κ3) is 4.46. The van der Waals surface area contributed by atoms with Crippen LogP contribution >= 0.6 is 0 Å². The number of halogens is 1. The molecule has 1 fully saturated rings. The fraction of sp³-hybridized carbons (Fsp3) is 0.263. The Morgan fingerprint density at radius 1 is 1.07 bits per heavy atom. The van der Waals surface area contributed by atoms with Gasteiger partial charge in [-0.2, -0.15) is 0 Å². The average Bonchev–Trinajstić information content (AvgIpc) is 2.68. The average molecular weight is 371 g/mol. The van der Waals surface area contributed by atoms with Gasteiger partial charge in [0, 0.05) is 36.5 Å². The molecule has 1 aliphatic rings. The van der Waals surface area contributed by atoms with Crippen molar-refractivity contribution < 1.29 is 23.9 Å². The molecule has 0 unspecified atom stereocenters. The maximum Gasteiger partial charge on any atom is 0.354 e. The van der Waals surface area contributed by atoms with Gasteiger partial charge in [0.1, 0.15) is 11.5 Å². The van der Waals surface area contributed by atoms with Crippen molar-refractivity contribution in [1.29, 1.82) is 0 Å². The Morgan fingerprint density at radius 2 is 1.74 bits per heavy atom. The maximum atomic E-state index is 12.9. The minimum Gasteiger partial charge on any atom is -0.477 e. The highest BCUT2D eigenvalue weighted by atomic mass is 19.1. The lowest BCUT2D eigenvalue weighted by molar-refractivity contribution is 0.0690. The number of pyridine rings is 1. The Morgan fingerprint density at radius 3 is 2.37 bits per heavy atom. The molecule has 0 aliphatic carbocycles. The summed E-state index contributed by atoms with van der Waals surface area (Å²) >= 11 is 0. The van der Waals surface area contributed by atoms with E-state index in [0.717, 1.165) is 0 Å². The minimum absolute atomic E-state index is 0.0846. The Balaban J connectivity index is 1.56.